The molecule has 0 atom stereocenters. The first-order chi connectivity index (χ1) is 9.60. The van der Waals surface area contributed by atoms with Crippen LogP contribution in [-0.4, -0.2) is 23.1 Å². The second kappa shape index (κ2) is 6.01. The van der Waals surface area contributed by atoms with Crippen molar-refractivity contribution in [3.8, 4) is 0 Å². The van der Waals surface area contributed by atoms with E-state index in [1.165, 1.54) is 12.1 Å². The van der Waals surface area contributed by atoms with E-state index in [4.69, 9.17) is 10.9 Å². The van der Waals surface area contributed by atoms with E-state index in [9.17, 15) is 4.39 Å². The lowest BCUT2D eigenvalue weighted by molar-refractivity contribution is 0.318. The van der Waals surface area contributed by atoms with Crippen LogP contribution in [0.3, 0.4) is 0 Å². The summed E-state index contributed by atoms with van der Waals surface area (Å²) in [6.45, 7) is 0.630. The smallest absolute Gasteiger partial charge is 0.188 e. The molecule has 2 aromatic rings. The minimum Gasteiger partial charge on any atom is -0.409 e. The van der Waals surface area contributed by atoms with E-state index in [0.717, 1.165) is 11.3 Å². The predicted molar refractivity (Wildman–Crippen MR) is 75.3 cm³/mol. The molecule has 5 nitrogen and oxygen atoms in total. The van der Waals surface area contributed by atoms with Gasteiger partial charge in [0.15, 0.2) is 5.84 Å². The third-order valence-corrected chi connectivity index (χ3v) is 2.89. The highest BCUT2D eigenvalue weighted by Crippen LogP contribution is 2.15. The summed E-state index contributed by atoms with van der Waals surface area (Å²) in [6.07, 6.45) is 1.64. The molecule has 0 aliphatic carbocycles. The van der Waals surface area contributed by atoms with Crippen LogP contribution < -0.4 is 10.6 Å². The van der Waals surface area contributed by atoms with E-state index in [1.807, 2.05) is 18.0 Å². The van der Waals surface area contributed by atoms with E-state index >= 15 is 0 Å². The molecule has 0 bridgehead atoms. The molecule has 0 aliphatic rings. The standard InChI is InChI=1S/C14H15FN4O/c1-19(9-10-2-4-11(15)5-3-10)12-6-7-13(17-8-12)14(16)18-20/h2-8,20H,9H2,1H3,(H2,16,18). The zero-order chi connectivity index (χ0) is 14.5. The number of amidine groups is 1. The summed E-state index contributed by atoms with van der Waals surface area (Å²) in [5.41, 5.74) is 7.73. The largest absolute Gasteiger partial charge is 0.409 e. The van der Waals surface area contributed by atoms with Crippen LogP contribution in [0, 0.1) is 5.82 Å². The van der Waals surface area contributed by atoms with Crippen LogP contribution >= 0.6 is 0 Å². The Balaban J connectivity index is 2.09. The van der Waals surface area contributed by atoms with Crippen molar-refractivity contribution < 1.29 is 9.60 Å². The van der Waals surface area contributed by atoms with Crippen molar-refractivity contribution in [2.75, 3.05) is 11.9 Å². The molecule has 6 heteroatoms. The Morgan fingerprint density at radius 1 is 1.30 bits per heavy atom. The van der Waals surface area contributed by atoms with Crippen LogP contribution in [0.1, 0.15) is 11.3 Å². The van der Waals surface area contributed by atoms with Gasteiger partial charge in [-0.05, 0) is 29.8 Å². The quantitative estimate of drug-likeness (QED) is 0.387. The number of hydrogen-bond acceptors (Lipinski definition) is 4. The third kappa shape index (κ3) is 3.23. The van der Waals surface area contributed by atoms with Gasteiger partial charge < -0.3 is 15.8 Å². The molecule has 0 saturated carbocycles. The average Bonchev–Trinajstić information content (AvgIpc) is 2.49. The second-order valence-electron chi connectivity index (χ2n) is 4.37. The van der Waals surface area contributed by atoms with Crippen molar-refractivity contribution in [3.05, 3.63) is 59.7 Å². The highest BCUT2D eigenvalue weighted by atomic mass is 19.1. The average molecular weight is 274 g/mol. The summed E-state index contributed by atoms with van der Waals surface area (Å²) in [7, 11) is 1.91. The lowest BCUT2D eigenvalue weighted by Crippen LogP contribution is -2.18. The topological polar surface area (TPSA) is 74.7 Å². The zero-order valence-electron chi connectivity index (χ0n) is 11.0. The second-order valence-corrected chi connectivity index (χ2v) is 4.37. The summed E-state index contributed by atoms with van der Waals surface area (Å²) in [6, 6.07) is 9.84. The Labute approximate surface area is 116 Å². The van der Waals surface area contributed by atoms with E-state index in [0.29, 0.717) is 12.2 Å². The maximum atomic E-state index is 12.8. The van der Waals surface area contributed by atoms with Crippen molar-refractivity contribution in [1.82, 2.24) is 4.98 Å². The molecule has 0 radical (unpaired) electrons. The van der Waals surface area contributed by atoms with Gasteiger partial charge in [0.25, 0.3) is 0 Å². The molecule has 0 aliphatic heterocycles. The number of oxime groups is 1. The fourth-order valence-corrected chi connectivity index (χ4v) is 1.77. The van der Waals surface area contributed by atoms with Gasteiger partial charge in [0.1, 0.15) is 11.5 Å². The number of nitrogens with zero attached hydrogens (tertiary/aromatic N) is 3. The SMILES string of the molecule is CN(Cc1ccc(F)cc1)c1ccc(/C(N)=N/O)nc1. The molecule has 1 aromatic heterocycles. The minimum absolute atomic E-state index is 0.0299. The molecule has 104 valence electrons. The van der Waals surface area contributed by atoms with E-state index in [1.54, 1.807) is 24.4 Å². The van der Waals surface area contributed by atoms with Gasteiger partial charge >= 0.3 is 0 Å². The number of nitrogens with two attached hydrogens (primary N) is 1. The highest BCUT2D eigenvalue weighted by Gasteiger charge is 2.05. The molecule has 1 heterocycles. The van der Waals surface area contributed by atoms with Crippen LogP contribution in [0.4, 0.5) is 10.1 Å². The van der Waals surface area contributed by atoms with E-state index in [-0.39, 0.29) is 11.7 Å². The summed E-state index contributed by atoms with van der Waals surface area (Å²) in [5, 5.41) is 11.5. The van der Waals surface area contributed by atoms with Crippen molar-refractivity contribution in [2.24, 2.45) is 10.9 Å². The number of aromatic nitrogens is 1. The molecule has 20 heavy (non-hydrogen) atoms. The Kier molecular flexibility index (Phi) is 4.14. The summed E-state index contributed by atoms with van der Waals surface area (Å²) in [4.78, 5) is 6.08. The molecule has 2 rings (SSSR count). The molecular formula is C14H15FN4O. The van der Waals surface area contributed by atoms with Gasteiger partial charge in [0, 0.05) is 13.6 Å². The Hall–Kier alpha value is -2.63. The maximum absolute atomic E-state index is 12.8. The highest BCUT2D eigenvalue weighted by molar-refractivity contribution is 5.95. The maximum Gasteiger partial charge on any atom is 0.188 e. The van der Waals surface area contributed by atoms with Crippen molar-refractivity contribution in [3.63, 3.8) is 0 Å². The fraction of sp³-hybridized carbons (Fsp3) is 0.143. The number of hydrogen-bond donors (Lipinski definition) is 2. The molecular weight excluding hydrogens is 259 g/mol. The van der Waals surface area contributed by atoms with Gasteiger partial charge in [-0.15, -0.1) is 0 Å². The lowest BCUT2D eigenvalue weighted by atomic mass is 10.2. The van der Waals surface area contributed by atoms with Crippen LogP contribution in [0.2, 0.25) is 0 Å². The third-order valence-electron chi connectivity index (χ3n) is 2.89. The zero-order valence-corrected chi connectivity index (χ0v) is 11.0. The van der Waals surface area contributed by atoms with E-state index < -0.39 is 0 Å². The first kappa shape index (κ1) is 13.8. The first-order valence-corrected chi connectivity index (χ1v) is 5.99. The van der Waals surface area contributed by atoms with Gasteiger partial charge in [0.2, 0.25) is 0 Å². The van der Waals surface area contributed by atoms with Crippen LogP contribution in [0.15, 0.2) is 47.8 Å². The number of benzene rings is 1. The monoisotopic (exact) mass is 274 g/mol. The van der Waals surface area contributed by atoms with Gasteiger partial charge in [-0.1, -0.05) is 17.3 Å². The molecule has 1 aromatic carbocycles. The Morgan fingerprint density at radius 3 is 2.55 bits per heavy atom. The molecule has 0 amide bonds. The number of anilines is 1. The van der Waals surface area contributed by atoms with Crippen molar-refractivity contribution in [2.45, 2.75) is 6.54 Å². The Bertz CT molecular complexity index is 596. The van der Waals surface area contributed by atoms with Gasteiger partial charge in [-0.2, -0.15) is 0 Å². The van der Waals surface area contributed by atoms with Crippen LogP contribution in [-0.2, 0) is 6.54 Å². The predicted octanol–water partition coefficient (Wildman–Crippen LogP) is 1.95. The number of rotatable bonds is 4. The van der Waals surface area contributed by atoms with Gasteiger partial charge in [-0.3, -0.25) is 4.98 Å². The summed E-state index contributed by atoms with van der Waals surface area (Å²) >= 11 is 0. The summed E-state index contributed by atoms with van der Waals surface area (Å²) < 4.78 is 12.8. The normalized spacial score (nSPS) is 11.4. The van der Waals surface area contributed by atoms with E-state index in [2.05, 4.69) is 10.1 Å². The Morgan fingerprint density at radius 2 is 2.00 bits per heavy atom. The van der Waals surface area contributed by atoms with Crippen molar-refractivity contribution >= 4 is 11.5 Å². The van der Waals surface area contributed by atoms with Crippen LogP contribution in [0.5, 0.6) is 0 Å². The molecule has 0 unspecified atom stereocenters. The van der Waals surface area contributed by atoms with Crippen LogP contribution in [0.25, 0.3) is 0 Å². The first-order valence-electron chi connectivity index (χ1n) is 5.99. The molecule has 3 N–H and O–H groups in total. The summed E-state index contributed by atoms with van der Waals surface area (Å²) in [5.74, 6) is -0.279. The molecule has 0 saturated heterocycles. The minimum atomic E-state index is -0.249. The fourth-order valence-electron chi connectivity index (χ4n) is 1.77. The lowest BCUT2D eigenvalue weighted by Gasteiger charge is -2.19. The molecule has 0 fully saturated rings. The van der Waals surface area contributed by atoms with Gasteiger partial charge in [-0.25, -0.2) is 4.39 Å². The number of pyridine rings is 1. The number of halogens is 1. The molecule has 0 spiro atoms. The van der Waals surface area contributed by atoms with Crippen molar-refractivity contribution in [1.29, 1.82) is 0 Å². The van der Waals surface area contributed by atoms with Gasteiger partial charge in [0.05, 0.1) is 11.9 Å².